The van der Waals surface area contributed by atoms with Crippen LogP contribution in [0.5, 0.6) is 0 Å². The summed E-state index contributed by atoms with van der Waals surface area (Å²) in [7, 11) is -0.484. The first-order valence-electron chi connectivity index (χ1n) is 6.85. The normalized spacial score (nSPS) is 19.3. The standard InChI is InChI=1S/C15H21BN2O3/c1-6-18-12-9-10(7-8-11(12)13(17)19)16-20-14(2,3)15(4,5)21-16/h6-9,18H,1H2,2-5H3,(H2,17,19). The topological polar surface area (TPSA) is 73.6 Å². The van der Waals surface area contributed by atoms with Gasteiger partial charge in [0.2, 0.25) is 0 Å². The van der Waals surface area contributed by atoms with Crippen LogP contribution in [0.1, 0.15) is 38.1 Å². The predicted octanol–water partition coefficient (Wildman–Crippen LogP) is 1.64. The van der Waals surface area contributed by atoms with Crippen LogP contribution in [0.4, 0.5) is 5.69 Å². The average molecular weight is 288 g/mol. The van der Waals surface area contributed by atoms with E-state index in [4.69, 9.17) is 15.0 Å². The highest BCUT2D eigenvalue weighted by Gasteiger charge is 2.51. The first kappa shape index (κ1) is 15.6. The van der Waals surface area contributed by atoms with Crippen LogP contribution < -0.4 is 16.5 Å². The molecule has 5 nitrogen and oxygen atoms in total. The minimum atomic E-state index is -0.500. The summed E-state index contributed by atoms with van der Waals surface area (Å²) in [6, 6.07) is 5.25. The van der Waals surface area contributed by atoms with Crippen molar-refractivity contribution in [1.82, 2.24) is 0 Å². The number of primary amides is 1. The summed E-state index contributed by atoms with van der Waals surface area (Å²) in [6.07, 6.45) is 1.50. The largest absolute Gasteiger partial charge is 0.494 e. The number of nitrogens with two attached hydrogens (primary N) is 1. The van der Waals surface area contributed by atoms with E-state index in [0.717, 1.165) is 5.46 Å². The SMILES string of the molecule is C=CNc1cc(B2OC(C)(C)C(C)(C)O2)ccc1C(N)=O. The van der Waals surface area contributed by atoms with Crippen molar-refractivity contribution >= 4 is 24.2 Å². The van der Waals surface area contributed by atoms with Crippen LogP contribution in [0.3, 0.4) is 0 Å². The van der Waals surface area contributed by atoms with Crippen LogP contribution in [0, 0.1) is 0 Å². The maximum Gasteiger partial charge on any atom is 0.494 e. The minimum absolute atomic E-state index is 0.398. The molecule has 1 heterocycles. The monoisotopic (exact) mass is 288 g/mol. The summed E-state index contributed by atoms with van der Waals surface area (Å²) in [5.41, 5.74) is 6.35. The van der Waals surface area contributed by atoms with Gasteiger partial charge in [0.1, 0.15) is 0 Å². The molecule has 1 aliphatic heterocycles. The first-order valence-corrected chi connectivity index (χ1v) is 6.85. The van der Waals surface area contributed by atoms with Gasteiger partial charge in [0.15, 0.2) is 0 Å². The first-order chi connectivity index (χ1) is 9.68. The Morgan fingerprint density at radius 3 is 2.33 bits per heavy atom. The van der Waals surface area contributed by atoms with Crippen molar-refractivity contribution in [3.63, 3.8) is 0 Å². The fourth-order valence-electron chi connectivity index (χ4n) is 2.13. The van der Waals surface area contributed by atoms with Gasteiger partial charge >= 0.3 is 7.12 Å². The Morgan fingerprint density at radius 2 is 1.86 bits per heavy atom. The van der Waals surface area contributed by atoms with Crippen molar-refractivity contribution in [2.75, 3.05) is 5.32 Å². The molecule has 1 aliphatic rings. The number of rotatable bonds is 4. The van der Waals surface area contributed by atoms with Gasteiger partial charge in [0.25, 0.3) is 5.91 Å². The van der Waals surface area contributed by atoms with Gasteiger partial charge in [0, 0.05) is 0 Å². The molecule has 1 fully saturated rings. The van der Waals surface area contributed by atoms with E-state index >= 15 is 0 Å². The summed E-state index contributed by atoms with van der Waals surface area (Å²) >= 11 is 0. The molecule has 0 radical (unpaired) electrons. The third kappa shape index (κ3) is 2.82. The number of hydrogen-bond acceptors (Lipinski definition) is 4. The van der Waals surface area contributed by atoms with E-state index < -0.39 is 24.2 Å². The third-order valence-corrected chi connectivity index (χ3v) is 4.09. The highest BCUT2D eigenvalue weighted by Crippen LogP contribution is 2.36. The van der Waals surface area contributed by atoms with Gasteiger partial charge in [-0.05, 0) is 51.5 Å². The molecule has 1 aromatic rings. The number of carbonyl (C=O) groups excluding carboxylic acids is 1. The molecule has 2 rings (SSSR count). The Hall–Kier alpha value is -1.79. The summed E-state index contributed by atoms with van der Waals surface area (Å²) in [4.78, 5) is 11.4. The van der Waals surface area contributed by atoms with Crippen molar-refractivity contribution in [3.05, 3.63) is 36.5 Å². The zero-order valence-corrected chi connectivity index (χ0v) is 12.9. The molecule has 0 aliphatic carbocycles. The average Bonchev–Trinajstić information content (AvgIpc) is 2.58. The van der Waals surface area contributed by atoms with Gasteiger partial charge in [-0.3, -0.25) is 4.79 Å². The predicted molar refractivity (Wildman–Crippen MR) is 84.5 cm³/mol. The van der Waals surface area contributed by atoms with E-state index in [9.17, 15) is 4.79 Å². The molecular formula is C15H21BN2O3. The fourth-order valence-corrected chi connectivity index (χ4v) is 2.13. The summed E-state index contributed by atoms with van der Waals surface area (Å²) in [6.45, 7) is 11.6. The van der Waals surface area contributed by atoms with E-state index in [1.807, 2.05) is 27.7 Å². The molecule has 0 aromatic heterocycles. The third-order valence-electron chi connectivity index (χ3n) is 4.09. The van der Waals surface area contributed by atoms with E-state index in [1.165, 1.54) is 6.20 Å². The van der Waals surface area contributed by atoms with Crippen molar-refractivity contribution in [1.29, 1.82) is 0 Å². The number of anilines is 1. The summed E-state index contributed by atoms with van der Waals surface area (Å²) in [5, 5.41) is 2.91. The number of amides is 1. The lowest BCUT2D eigenvalue weighted by molar-refractivity contribution is 0.00578. The van der Waals surface area contributed by atoms with Gasteiger partial charge in [-0.2, -0.15) is 0 Å². The molecule has 0 spiro atoms. The van der Waals surface area contributed by atoms with Crippen LogP contribution in [-0.2, 0) is 9.31 Å². The van der Waals surface area contributed by atoms with Crippen molar-refractivity contribution in [2.45, 2.75) is 38.9 Å². The molecule has 112 valence electrons. The van der Waals surface area contributed by atoms with Gasteiger partial charge in [-0.1, -0.05) is 12.6 Å². The van der Waals surface area contributed by atoms with E-state index in [2.05, 4.69) is 11.9 Å². The Balaban J connectivity index is 2.36. The van der Waals surface area contributed by atoms with E-state index in [1.54, 1.807) is 18.2 Å². The molecule has 1 aromatic carbocycles. The molecule has 21 heavy (non-hydrogen) atoms. The lowest BCUT2D eigenvalue weighted by Crippen LogP contribution is -2.41. The number of benzene rings is 1. The van der Waals surface area contributed by atoms with Crippen molar-refractivity contribution in [2.24, 2.45) is 5.73 Å². The molecule has 3 N–H and O–H groups in total. The van der Waals surface area contributed by atoms with Gasteiger partial charge in [-0.25, -0.2) is 0 Å². The Morgan fingerprint density at radius 1 is 1.29 bits per heavy atom. The molecule has 1 amide bonds. The Kier molecular flexibility index (Phi) is 3.86. The molecule has 6 heteroatoms. The number of hydrogen-bond donors (Lipinski definition) is 2. The maximum absolute atomic E-state index is 11.4. The lowest BCUT2D eigenvalue weighted by Gasteiger charge is -2.32. The van der Waals surface area contributed by atoms with Gasteiger partial charge < -0.3 is 20.4 Å². The zero-order chi connectivity index (χ0) is 15.8. The van der Waals surface area contributed by atoms with E-state index in [0.29, 0.717) is 11.3 Å². The van der Waals surface area contributed by atoms with Crippen LogP contribution >= 0.6 is 0 Å². The van der Waals surface area contributed by atoms with Crippen LogP contribution in [0.2, 0.25) is 0 Å². The van der Waals surface area contributed by atoms with Crippen LogP contribution in [0.15, 0.2) is 31.0 Å². The number of nitrogens with one attached hydrogen (secondary N) is 1. The zero-order valence-electron chi connectivity index (χ0n) is 12.9. The molecule has 0 saturated carbocycles. The van der Waals surface area contributed by atoms with Crippen molar-refractivity contribution in [3.8, 4) is 0 Å². The quantitative estimate of drug-likeness (QED) is 0.826. The second kappa shape index (κ2) is 5.20. The molecule has 0 atom stereocenters. The second-order valence-corrected chi connectivity index (χ2v) is 6.11. The Labute approximate surface area is 125 Å². The Bertz CT molecular complexity index is 568. The highest BCUT2D eigenvalue weighted by molar-refractivity contribution is 6.62. The number of carbonyl (C=O) groups is 1. The van der Waals surface area contributed by atoms with Gasteiger partial charge in [0.05, 0.1) is 22.5 Å². The molecular weight excluding hydrogens is 267 g/mol. The second-order valence-electron chi connectivity index (χ2n) is 6.11. The molecule has 0 unspecified atom stereocenters. The fraction of sp³-hybridized carbons (Fsp3) is 0.400. The maximum atomic E-state index is 11.4. The summed E-state index contributed by atoms with van der Waals surface area (Å²) < 4.78 is 12.0. The van der Waals surface area contributed by atoms with Gasteiger partial charge in [-0.15, -0.1) is 0 Å². The summed E-state index contributed by atoms with van der Waals surface area (Å²) in [5.74, 6) is -0.500. The van der Waals surface area contributed by atoms with Crippen LogP contribution in [0.25, 0.3) is 0 Å². The molecule has 0 bridgehead atoms. The minimum Gasteiger partial charge on any atom is -0.399 e. The smallest absolute Gasteiger partial charge is 0.399 e. The van der Waals surface area contributed by atoms with Crippen molar-refractivity contribution < 1.29 is 14.1 Å². The van der Waals surface area contributed by atoms with Crippen LogP contribution in [-0.4, -0.2) is 24.2 Å². The molecule has 1 saturated heterocycles. The highest BCUT2D eigenvalue weighted by atomic mass is 16.7. The van der Waals surface area contributed by atoms with E-state index in [-0.39, 0.29) is 0 Å². The lowest BCUT2D eigenvalue weighted by atomic mass is 9.78.